The van der Waals surface area contributed by atoms with Gasteiger partial charge in [-0.05, 0) is 90.5 Å². The minimum atomic E-state index is -0.621. The van der Waals surface area contributed by atoms with Crippen LogP contribution in [0.3, 0.4) is 0 Å². The number of rotatable bonds is 38. The first-order valence-electron chi connectivity index (χ1n) is 21.6. The maximum Gasteiger partial charge on any atom is 0.306 e. The van der Waals surface area contributed by atoms with E-state index in [-0.39, 0.29) is 30.3 Å². The van der Waals surface area contributed by atoms with Gasteiger partial charge in [0.1, 0.15) is 13.2 Å². The Kier molecular flexibility index (Phi) is 38.8. The molecule has 0 saturated carbocycles. The lowest BCUT2D eigenvalue weighted by atomic mass is 10.1. The van der Waals surface area contributed by atoms with E-state index >= 15 is 0 Å². The van der Waals surface area contributed by atoms with Crippen LogP contribution in [0.25, 0.3) is 0 Å². The summed E-state index contributed by atoms with van der Waals surface area (Å²) in [6.07, 6.45) is 41.1. The third-order valence-electron chi connectivity index (χ3n) is 9.26. The molecule has 8 heteroatoms. The van der Waals surface area contributed by atoms with Crippen LogP contribution in [-0.4, -0.2) is 68.5 Å². The van der Waals surface area contributed by atoms with Gasteiger partial charge >= 0.3 is 11.9 Å². The van der Waals surface area contributed by atoms with Crippen LogP contribution in [0.1, 0.15) is 194 Å². The largest absolute Gasteiger partial charge is 0.470 e. The van der Waals surface area contributed by atoms with Crippen LogP contribution < -0.4 is 5.32 Å². The number of carbonyl (C=O) groups excluding carboxylic acids is 2. The van der Waals surface area contributed by atoms with Crippen molar-refractivity contribution in [2.24, 2.45) is 0 Å². The van der Waals surface area contributed by atoms with Gasteiger partial charge in [0, 0.05) is 19.4 Å². The average molecular weight is 751 g/mol. The van der Waals surface area contributed by atoms with Gasteiger partial charge in [-0.1, -0.05) is 141 Å². The highest BCUT2D eigenvalue weighted by Gasteiger charge is 2.18. The first-order chi connectivity index (χ1) is 25.4. The van der Waals surface area contributed by atoms with E-state index in [1.54, 1.807) is 0 Å². The second-order valence-electron chi connectivity index (χ2n) is 14.8. The monoisotopic (exact) mass is 751 g/mol. The second-order valence-corrected chi connectivity index (χ2v) is 15.2. The van der Waals surface area contributed by atoms with Crippen molar-refractivity contribution < 1.29 is 23.8 Å². The molecule has 1 unspecified atom stereocenters. The number of nitrogens with one attached hydrogen (secondary N) is 1. The van der Waals surface area contributed by atoms with E-state index < -0.39 is 6.10 Å². The molecule has 0 heterocycles. The average Bonchev–Trinajstić information content (AvgIpc) is 3.12. The number of likely N-dealkylation sites (N-methyl/N-ethyl adjacent to an activating group) is 1. The predicted octanol–water partition coefficient (Wildman–Crippen LogP) is 12.0. The van der Waals surface area contributed by atoms with Gasteiger partial charge in [0.25, 0.3) is 5.17 Å². The molecule has 0 aromatic carbocycles. The van der Waals surface area contributed by atoms with Gasteiger partial charge in [-0.2, -0.15) is 0 Å². The summed E-state index contributed by atoms with van der Waals surface area (Å²) in [6.45, 7) is 5.97. The van der Waals surface area contributed by atoms with Gasteiger partial charge in [-0.25, -0.2) is 0 Å². The maximum atomic E-state index is 12.7. The van der Waals surface area contributed by atoms with Crippen molar-refractivity contribution in [1.82, 2.24) is 10.2 Å². The molecule has 0 bridgehead atoms. The second kappa shape index (κ2) is 40.3. The van der Waals surface area contributed by atoms with Crippen molar-refractivity contribution in [3.05, 3.63) is 24.3 Å². The lowest BCUT2D eigenvalue weighted by Gasteiger charge is -2.20. The van der Waals surface area contributed by atoms with Crippen LogP contribution in [0.15, 0.2) is 24.3 Å². The Morgan fingerprint density at radius 1 is 0.577 bits per heavy atom. The number of unbranched alkanes of at least 4 members (excludes halogenated alkanes) is 22. The van der Waals surface area contributed by atoms with Gasteiger partial charge in [-0.3, -0.25) is 9.59 Å². The molecule has 0 amide bonds. The van der Waals surface area contributed by atoms with E-state index in [1.807, 2.05) is 19.0 Å². The molecule has 52 heavy (non-hydrogen) atoms. The fraction of sp³-hybridized carbons (Fsp3) is 0.841. The molecule has 304 valence electrons. The van der Waals surface area contributed by atoms with Crippen molar-refractivity contribution >= 4 is 29.3 Å². The summed E-state index contributed by atoms with van der Waals surface area (Å²) in [6, 6.07) is 0. The van der Waals surface area contributed by atoms with E-state index in [9.17, 15) is 9.59 Å². The number of allylic oxidation sites excluding steroid dienone is 4. The number of carbonyl (C=O) groups is 2. The molecule has 7 nitrogen and oxygen atoms in total. The van der Waals surface area contributed by atoms with E-state index in [2.05, 4.69) is 43.5 Å². The molecular weight excluding hydrogens is 669 g/mol. The number of hydrogen-bond donors (Lipinski definition) is 1. The Hall–Kier alpha value is -1.93. The van der Waals surface area contributed by atoms with E-state index in [4.69, 9.17) is 26.4 Å². The van der Waals surface area contributed by atoms with Crippen LogP contribution in [0.4, 0.5) is 0 Å². The standard InChI is InChI=1S/C44H82N2O5S/c1-5-7-9-11-13-15-17-19-21-23-25-27-29-31-33-35-42(47)50-40-41(39-45-44(52)49-38-37-46(3)4)51-43(48)36-34-32-30-28-26-24-22-20-18-16-14-12-10-8-6-2/h19-22,41H,5-18,23-40H2,1-4H3,(H,45,52). The lowest BCUT2D eigenvalue weighted by Crippen LogP contribution is -2.38. The lowest BCUT2D eigenvalue weighted by molar-refractivity contribution is -0.158. The molecule has 0 aliphatic carbocycles. The first-order valence-corrected chi connectivity index (χ1v) is 22.0. The summed E-state index contributed by atoms with van der Waals surface area (Å²) in [7, 11) is 3.94. The third kappa shape index (κ3) is 39.3. The summed E-state index contributed by atoms with van der Waals surface area (Å²) in [5.74, 6) is -0.516. The van der Waals surface area contributed by atoms with E-state index in [1.165, 1.54) is 116 Å². The molecule has 0 fully saturated rings. The number of nitrogens with zero attached hydrogens (tertiary/aromatic N) is 1. The third-order valence-corrected chi connectivity index (χ3v) is 9.52. The molecule has 0 spiro atoms. The molecule has 0 saturated heterocycles. The highest BCUT2D eigenvalue weighted by Crippen LogP contribution is 2.13. The van der Waals surface area contributed by atoms with Crippen LogP contribution >= 0.6 is 12.2 Å². The zero-order chi connectivity index (χ0) is 38.2. The molecule has 0 rings (SSSR count). The van der Waals surface area contributed by atoms with E-state index in [0.29, 0.717) is 19.4 Å². The molecular formula is C44H82N2O5S. The molecule has 1 atom stereocenters. The Morgan fingerprint density at radius 2 is 0.981 bits per heavy atom. The Bertz CT molecular complexity index is 879. The fourth-order valence-electron chi connectivity index (χ4n) is 5.89. The summed E-state index contributed by atoms with van der Waals surface area (Å²) < 4.78 is 16.8. The summed E-state index contributed by atoms with van der Waals surface area (Å²) >= 11 is 5.29. The zero-order valence-electron chi connectivity index (χ0n) is 34.4. The van der Waals surface area contributed by atoms with E-state index in [0.717, 1.165) is 57.9 Å². The van der Waals surface area contributed by atoms with Crippen molar-refractivity contribution in [3.63, 3.8) is 0 Å². The van der Waals surface area contributed by atoms with Crippen molar-refractivity contribution in [1.29, 1.82) is 0 Å². The molecule has 0 aliphatic rings. The highest BCUT2D eigenvalue weighted by atomic mass is 32.1. The first kappa shape index (κ1) is 50.1. The predicted molar refractivity (Wildman–Crippen MR) is 225 cm³/mol. The Morgan fingerprint density at radius 3 is 1.42 bits per heavy atom. The topological polar surface area (TPSA) is 77.1 Å². The highest BCUT2D eigenvalue weighted by molar-refractivity contribution is 7.80. The smallest absolute Gasteiger partial charge is 0.306 e. The van der Waals surface area contributed by atoms with Crippen LogP contribution in [0.5, 0.6) is 0 Å². The normalized spacial score (nSPS) is 12.2. The minimum absolute atomic E-state index is 0.00926. The van der Waals surface area contributed by atoms with Gasteiger partial charge in [0.15, 0.2) is 6.10 Å². The van der Waals surface area contributed by atoms with Crippen molar-refractivity contribution in [2.75, 3.05) is 40.4 Å². The summed E-state index contributed by atoms with van der Waals surface area (Å²) in [5, 5.41) is 3.27. The summed E-state index contributed by atoms with van der Waals surface area (Å²) in [4.78, 5) is 27.2. The molecule has 1 N–H and O–H groups in total. The molecule has 0 aromatic rings. The van der Waals surface area contributed by atoms with Gasteiger partial charge in [0.05, 0.1) is 6.54 Å². The van der Waals surface area contributed by atoms with Gasteiger partial charge in [-0.15, -0.1) is 0 Å². The van der Waals surface area contributed by atoms with Crippen molar-refractivity contribution in [3.8, 4) is 0 Å². The Labute approximate surface area is 326 Å². The van der Waals surface area contributed by atoms with Gasteiger partial charge < -0.3 is 24.4 Å². The minimum Gasteiger partial charge on any atom is -0.470 e. The maximum absolute atomic E-state index is 12.7. The van der Waals surface area contributed by atoms with Crippen LogP contribution in [0.2, 0.25) is 0 Å². The number of thiocarbonyl (C=S) groups is 1. The SMILES string of the molecule is CCCCCCCCC=CCCCCCCCC(=O)OCC(CNC(=S)OCCN(C)C)OC(=O)CCCCCCCC=CCCCCCCCC. The Balaban J connectivity index is 4.21. The fourth-order valence-corrected chi connectivity index (χ4v) is 6.05. The van der Waals surface area contributed by atoms with Gasteiger partial charge in [0.2, 0.25) is 0 Å². The molecule has 0 aliphatic heterocycles. The zero-order valence-corrected chi connectivity index (χ0v) is 35.2. The molecule has 0 radical (unpaired) electrons. The quantitative estimate of drug-likeness (QED) is 0.0289. The number of hydrogen-bond acceptors (Lipinski definition) is 7. The van der Waals surface area contributed by atoms with Crippen LogP contribution in [0, 0.1) is 0 Å². The van der Waals surface area contributed by atoms with Crippen molar-refractivity contribution in [2.45, 2.75) is 200 Å². The molecule has 0 aromatic heterocycles. The van der Waals surface area contributed by atoms with Crippen LogP contribution in [-0.2, 0) is 23.8 Å². The number of ether oxygens (including phenoxy) is 3. The number of esters is 2. The summed E-state index contributed by atoms with van der Waals surface area (Å²) in [5.41, 5.74) is 0.